The number of aryl methyl sites for hydroxylation is 1. The van der Waals surface area contributed by atoms with Gasteiger partial charge in [0.2, 0.25) is 11.4 Å². The molecule has 1 aliphatic carbocycles. The normalized spacial score (nSPS) is 12.1. The van der Waals surface area contributed by atoms with Gasteiger partial charge in [-0.1, -0.05) is 66.7 Å². The van der Waals surface area contributed by atoms with E-state index in [1.165, 1.54) is 44.8 Å². The van der Waals surface area contributed by atoms with Crippen LogP contribution in [0.5, 0.6) is 0 Å². The first-order valence-corrected chi connectivity index (χ1v) is 9.80. The van der Waals surface area contributed by atoms with Crippen LogP contribution in [0, 0.1) is 0 Å². The summed E-state index contributed by atoms with van der Waals surface area (Å²) >= 11 is 0. The van der Waals surface area contributed by atoms with Gasteiger partial charge in [-0.2, -0.15) is 4.57 Å². The maximum Gasteiger partial charge on any atom is 0.222 e. The Labute approximate surface area is 166 Å². The van der Waals surface area contributed by atoms with Crippen molar-refractivity contribution >= 4 is 6.20 Å². The van der Waals surface area contributed by atoms with Gasteiger partial charge in [-0.25, -0.2) is 0 Å². The van der Waals surface area contributed by atoms with Gasteiger partial charge in [-0.05, 0) is 54.3 Å². The molecule has 0 saturated heterocycles. The lowest BCUT2D eigenvalue weighted by Gasteiger charge is -2.21. The fourth-order valence-electron chi connectivity index (χ4n) is 4.36. The summed E-state index contributed by atoms with van der Waals surface area (Å²) in [6.07, 6.45) is 4.07. The highest BCUT2D eigenvalue weighted by Gasteiger charge is 2.30. The number of pyridine rings is 1. The molecule has 0 radical (unpaired) electrons. The minimum absolute atomic E-state index is 1.04. The highest BCUT2D eigenvalue weighted by Crippen LogP contribution is 2.39. The van der Waals surface area contributed by atoms with Gasteiger partial charge in [0.05, 0.1) is 5.56 Å². The van der Waals surface area contributed by atoms with Gasteiger partial charge in [0.15, 0.2) is 6.20 Å². The minimum Gasteiger partial charge on any atom is -0.160 e. The Morgan fingerprint density at radius 3 is 2.04 bits per heavy atom. The number of aromatic nitrogens is 1. The van der Waals surface area contributed by atoms with E-state index < -0.39 is 0 Å². The predicted molar refractivity (Wildman–Crippen MR) is 117 cm³/mol. The van der Waals surface area contributed by atoms with Crippen LogP contribution in [0.1, 0.15) is 11.1 Å². The third kappa shape index (κ3) is 2.68. The van der Waals surface area contributed by atoms with E-state index in [0.717, 1.165) is 12.8 Å². The fraction of sp³-hybridized carbons (Fsp3) is 0.0741. The van der Waals surface area contributed by atoms with Crippen molar-refractivity contribution in [3.63, 3.8) is 0 Å². The molecule has 134 valence electrons. The first kappa shape index (κ1) is 16.7. The number of nitrogens with zero attached hydrogens (tertiary/aromatic N) is 1. The molecule has 0 atom stereocenters. The van der Waals surface area contributed by atoms with Crippen LogP contribution >= 0.6 is 0 Å². The zero-order valence-electron chi connectivity index (χ0n) is 15.8. The molecule has 1 aromatic heterocycles. The average molecular weight is 360 g/mol. The molecule has 5 rings (SSSR count). The van der Waals surface area contributed by atoms with Crippen molar-refractivity contribution in [1.29, 1.82) is 0 Å². The van der Waals surface area contributed by atoms with E-state index in [1.54, 1.807) is 0 Å². The van der Waals surface area contributed by atoms with Gasteiger partial charge in [0.1, 0.15) is 0 Å². The molecule has 0 unspecified atom stereocenters. The lowest BCUT2D eigenvalue weighted by atomic mass is 9.83. The molecule has 1 heterocycles. The van der Waals surface area contributed by atoms with Crippen LogP contribution in [-0.2, 0) is 12.8 Å². The predicted octanol–water partition coefficient (Wildman–Crippen LogP) is 6.17. The smallest absolute Gasteiger partial charge is 0.160 e. The number of hydrogen-bond acceptors (Lipinski definition) is 0. The summed E-state index contributed by atoms with van der Waals surface area (Å²) in [5.74, 6) is 0. The molecule has 1 heteroatoms. The molecule has 0 aliphatic heterocycles. The molecular formula is C27H22N+. The van der Waals surface area contributed by atoms with E-state index in [-0.39, 0.29) is 0 Å². The van der Waals surface area contributed by atoms with E-state index in [4.69, 9.17) is 0 Å². The van der Waals surface area contributed by atoms with Crippen LogP contribution in [0.25, 0.3) is 39.8 Å². The van der Waals surface area contributed by atoms with E-state index in [9.17, 15) is 0 Å². The molecule has 0 amide bonds. The van der Waals surface area contributed by atoms with Crippen LogP contribution < -0.4 is 4.57 Å². The van der Waals surface area contributed by atoms with Crippen molar-refractivity contribution in [3.05, 3.63) is 109 Å². The quantitative estimate of drug-likeness (QED) is 0.384. The standard InChI is InChI=1S/C27H22N/c1-2-28-26(22-14-7-4-8-15-22)19-25(20-11-5-3-6-12-20)24-18-17-21-13-9-10-16-23(21)27(24)28/h2-16,19H,1,17-18H2/q+1. The summed E-state index contributed by atoms with van der Waals surface area (Å²) in [5, 5.41) is 0. The van der Waals surface area contributed by atoms with E-state index >= 15 is 0 Å². The largest absolute Gasteiger partial charge is 0.222 e. The Morgan fingerprint density at radius 1 is 0.679 bits per heavy atom. The number of benzene rings is 3. The Balaban J connectivity index is 1.90. The van der Waals surface area contributed by atoms with Gasteiger partial charge < -0.3 is 0 Å². The van der Waals surface area contributed by atoms with Crippen LogP contribution in [-0.4, -0.2) is 0 Å². The van der Waals surface area contributed by atoms with Crippen molar-refractivity contribution in [2.45, 2.75) is 12.8 Å². The summed E-state index contributed by atoms with van der Waals surface area (Å²) in [4.78, 5) is 0. The maximum atomic E-state index is 4.16. The Bertz CT molecular complexity index is 1160. The number of rotatable bonds is 3. The minimum atomic E-state index is 1.04. The van der Waals surface area contributed by atoms with E-state index in [0.29, 0.717) is 0 Å². The van der Waals surface area contributed by atoms with Gasteiger partial charge >= 0.3 is 0 Å². The highest BCUT2D eigenvalue weighted by molar-refractivity contribution is 5.81. The number of fused-ring (bicyclic) bond motifs is 3. The lowest BCUT2D eigenvalue weighted by Crippen LogP contribution is -2.35. The van der Waals surface area contributed by atoms with Gasteiger partial charge in [0, 0.05) is 17.2 Å². The van der Waals surface area contributed by atoms with Crippen LogP contribution in [0.3, 0.4) is 0 Å². The van der Waals surface area contributed by atoms with Gasteiger partial charge in [-0.15, -0.1) is 0 Å². The highest BCUT2D eigenvalue weighted by atomic mass is 15.0. The molecule has 3 aromatic carbocycles. The molecule has 4 aromatic rings. The maximum absolute atomic E-state index is 4.16. The van der Waals surface area contributed by atoms with E-state index in [2.05, 4.69) is 102 Å². The molecule has 0 spiro atoms. The average Bonchev–Trinajstić information content (AvgIpc) is 2.79. The zero-order valence-corrected chi connectivity index (χ0v) is 15.8. The first-order valence-electron chi connectivity index (χ1n) is 9.80. The number of hydrogen-bond donors (Lipinski definition) is 0. The second kappa shape index (κ2) is 6.94. The monoisotopic (exact) mass is 360 g/mol. The van der Waals surface area contributed by atoms with Crippen LogP contribution in [0.15, 0.2) is 97.6 Å². The molecule has 1 nitrogen and oxygen atoms in total. The van der Waals surface area contributed by atoms with Gasteiger partial charge in [0.25, 0.3) is 0 Å². The topological polar surface area (TPSA) is 3.88 Å². The molecule has 0 bridgehead atoms. The fourth-order valence-corrected chi connectivity index (χ4v) is 4.36. The third-order valence-corrected chi connectivity index (χ3v) is 5.65. The van der Waals surface area contributed by atoms with Crippen molar-refractivity contribution in [1.82, 2.24) is 0 Å². The van der Waals surface area contributed by atoms with Crippen LogP contribution in [0.4, 0.5) is 0 Å². The molecule has 1 aliphatic rings. The summed E-state index contributed by atoms with van der Waals surface area (Å²) in [6, 6.07) is 32.5. The molecule has 0 saturated carbocycles. The molecule has 0 fully saturated rings. The third-order valence-electron chi connectivity index (χ3n) is 5.65. The van der Waals surface area contributed by atoms with Crippen molar-refractivity contribution in [2.75, 3.05) is 0 Å². The van der Waals surface area contributed by atoms with Crippen molar-refractivity contribution < 1.29 is 4.57 Å². The van der Waals surface area contributed by atoms with Crippen LogP contribution in [0.2, 0.25) is 0 Å². The summed E-state index contributed by atoms with van der Waals surface area (Å²) in [7, 11) is 0. The lowest BCUT2D eigenvalue weighted by molar-refractivity contribution is -0.544. The SMILES string of the molecule is C=C[n+]1c(-c2ccccc2)cc(-c2ccccc2)c2c1-c1ccccc1CC2. The Hall–Kier alpha value is -3.45. The Kier molecular flexibility index (Phi) is 4.14. The van der Waals surface area contributed by atoms with E-state index in [1.807, 2.05) is 6.20 Å². The summed E-state index contributed by atoms with van der Waals surface area (Å²) in [5.41, 5.74) is 10.4. The molecular weight excluding hydrogens is 338 g/mol. The Morgan fingerprint density at radius 2 is 1.32 bits per heavy atom. The summed E-state index contributed by atoms with van der Waals surface area (Å²) < 4.78 is 2.27. The van der Waals surface area contributed by atoms with Gasteiger partial charge in [-0.3, -0.25) is 0 Å². The first-order chi connectivity index (χ1) is 13.9. The van der Waals surface area contributed by atoms with Crippen molar-refractivity contribution in [2.24, 2.45) is 0 Å². The van der Waals surface area contributed by atoms with Crippen molar-refractivity contribution in [3.8, 4) is 33.6 Å². The molecule has 28 heavy (non-hydrogen) atoms. The summed E-state index contributed by atoms with van der Waals surface area (Å²) in [6.45, 7) is 4.16. The second-order valence-corrected chi connectivity index (χ2v) is 7.21. The second-order valence-electron chi connectivity index (χ2n) is 7.21. The zero-order chi connectivity index (χ0) is 18.9. The molecule has 0 N–H and O–H groups in total.